The number of rotatable bonds is 5. The number of thiocarbonyl (C=S) groups is 1. The molecule has 0 saturated carbocycles. The number of nitrogens with zero attached hydrogens (tertiary/aromatic N) is 3. The molecule has 1 aromatic carbocycles. The minimum absolute atomic E-state index is 0.190. The Labute approximate surface area is 186 Å². The lowest BCUT2D eigenvalue weighted by molar-refractivity contribution is -0.119. The number of halogens is 1. The van der Waals surface area contributed by atoms with Gasteiger partial charge in [0.15, 0.2) is 0 Å². The van der Waals surface area contributed by atoms with Crippen molar-refractivity contribution in [2.75, 3.05) is 55.6 Å². The molecule has 31 heavy (non-hydrogen) atoms. The number of ether oxygens (including phenoxy) is 1. The molecule has 2 N–H and O–H groups in total. The van der Waals surface area contributed by atoms with Crippen LogP contribution in [0.2, 0.25) is 0 Å². The fourth-order valence-corrected chi connectivity index (χ4v) is 4.68. The highest BCUT2D eigenvalue weighted by Gasteiger charge is 2.33. The van der Waals surface area contributed by atoms with Gasteiger partial charge in [-0.1, -0.05) is 12.2 Å². The summed E-state index contributed by atoms with van der Waals surface area (Å²) in [5.41, 5.74) is 0.972. The van der Waals surface area contributed by atoms with E-state index < -0.39 is 12.2 Å². The molecule has 2 unspecified atom stereocenters. The van der Waals surface area contributed by atoms with Crippen LogP contribution in [0, 0.1) is 5.82 Å². The molecule has 0 radical (unpaired) electrons. The first-order chi connectivity index (χ1) is 14.9. The van der Waals surface area contributed by atoms with Crippen LogP contribution in [0.5, 0.6) is 0 Å². The Morgan fingerprint density at radius 1 is 1.32 bits per heavy atom. The van der Waals surface area contributed by atoms with E-state index in [0.717, 1.165) is 37.5 Å². The molecule has 3 aliphatic heterocycles. The zero-order chi connectivity index (χ0) is 22.0. The van der Waals surface area contributed by atoms with Crippen molar-refractivity contribution in [3.63, 3.8) is 0 Å². The van der Waals surface area contributed by atoms with Crippen molar-refractivity contribution in [2.24, 2.45) is 0 Å². The fraction of sp³-hybridized carbons (Fsp3) is 0.571. The van der Waals surface area contributed by atoms with Gasteiger partial charge in [-0.15, -0.1) is 0 Å². The zero-order valence-corrected chi connectivity index (χ0v) is 18.4. The second-order valence-electron chi connectivity index (χ2n) is 8.15. The van der Waals surface area contributed by atoms with Gasteiger partial charge in [-0.05, 0) is 37.6 Å². The van der Waals surface area contributed by atoms with Crippen molar-refractivity contribution in [2.45, 2.75) is 31.9 Å². The average molecular weight is 450 g/mol. The van der Waals surface area contributed by atoms with E-state index in [0.29, 0.717) is 24.5 Å². The second kappa shape index (κ2) is 9.35. The van der Waals surface area contributed by atoms with E-state index in [9.17, 15) is 14.0 Å². The SMILES string of the molecule is CC(=O)NCC1CN(c2ccc(N3CCN(C(=S)C4CCCN4)CC3)c(F)c2)C(=O)O1. The third kappa shape index (κ3) is 4.90. The first kappa shape index (κ1) is 21.8. The second-order valence-corrected chi connectivity index (χ2v) is 8.57. The van der Waals surface area contributed by atoms with E-state index in [1.807, 2.05) is 4.90 Å². The van der Waals surface area contributed by atoms with E-state index in [-0.39, 0.29) is 30.9 Å². The van der Waals surface area contributed by atoms with Crippen LogP contribution in [-0.4, -0.2) is 79.8 Å². The van der Waals surface area contributed by atoms with Gasteiger partial charge in [0.1, 0.15) is 11.9 Å². The van der Waals surface area contributed by atoms with Gasteiger partial charge in [0, 0.05) is 33.1 Å². The molecule has 3 aliphatic rings. The highest BCUT2D eigenvalue weighted by molar-refractivity contribution is 7.80. The van der Waals surface area contributed by atoms with Crippen LogP contribution < -0.4 is 20.4 Å². The van der Waals surface area contributed by atoms with Crippen LogP contribution in [0.3, 0.4) is 0 Å². The van der Waals surface area contributed by atoms with Crippen molar-refractivity contribution < 1.29 is 18.7 Å². The van der Waals surface area contributed by atoms with Gasteiger partial charge in [0.05, 0.1) is 35.5 Å². The summed E-state index contributed by atoms with van der Waals surface area (Å²) in [5, 5.41) is 6.07. The lowest BCUT2D eigenvalue weighted by Crippen LogP contribution is -2.52. The number of amides is 2. The Hall–Kier alpha value is -2.46. The highest BCUT2D eigenvalue weighted by atomic mass is 32.1. The van der Waals surface area contributed by atoms with Crippen molar-refractivity contribution in [1.29, 1.82) is 0 Å². The Kier molecular flexibility index (Phi) is 6.57. The number of nitrogens with one attached hydrogen (secondary N) is 2. The molecule has 3 heterocycles. The standard InChI is InChI=1S/C21H28FN5O3S/c1-14(28)24-12-16-13-27(21(29)30-16)15-4-5-19(17(22)11-15)25-7-9-26(10-8-25)20(31)18-3-2-6-23-18/h4-5,11,16,18,23H,2-3,6-10,12-13H2,1H3,(H,24,28). The van der Waals surface area contributed by atoms with Gasteiger partial charge < -0.3 is 25.2 Å². The van der Waals surface area contributed by atoms with E-state index in [2.05, 4.69) is 15.5 Å². The molecule has 8 nitrogen and oxygen atoms in total. The maximum Gasteiger partial charge on any atom is 0.414 e. The molecule has 1 aromatic rings. The normalized spacial score (nSPS) is 23.8. The van der Waals surface area contributed by atoms with Crippen molar-refractivity contribution in [3.05, 3.63) is 24.0 Å². The number of anilines is 2. The van der Waals surface area contributed by atoms with Gasteiger partial charge in [0.2, 0.25) is 5.91 Å². The zero-order valence-electron chi connectivity index (χ0n) is 17.6. The molecule has 3 fully saturated rings. The lowest BCUT2D eigenvalue weighted by atomic mass is 10.1. The van der Waals surface area contributed by atoms with Gasteiger partial charge >= 0.3 is 6.09 Å². The van der Waals surface area contributed by atoms with Gasteiger partial charge in [-0.25, -0.2) is 9.18 Å². The first-order valence-electron chi connectivity index (χ1n) is 10.7. The van der Waals surface area contributed by atoms with E-state index in [1.165, 1.54) is 17.9 Å². The van der Waals surface area contributed by atoms with Gasteiger partial charge in [-0.2, -0.15) is 0 Å². The van der Waals surface area contributed by atoms with E-state index >= 15 is 0 Å². The third-order valence-corrected chi connectivity index (χ3v) is 6.53. The van der Waals surface area contributed by atoms with E-state index in [1.54, 1.807) is 12.1 Å². The summed E-state index contributed by atoms with van der Waals surface area (Å²) >= 11 is 5.65. The quantitative estimate of drug-likeness (QED) is 0.660. The maximum absolute atomic E-state index is 14.9. The predicted molar refractivity (Wildman–Crippen MR) is 120 cm³/mol. The molecule has 4 rings (SSSR count). The molecule has 0 aromatic heterocycles. The Morgan fingerprint density at radius 3 is 2.74 bits per heavy atom. The molecule has 2 amide bonds. The molecule has 168 valence electrons. The Bertz CT molecular complexity index is 855. The van der Waals surface area contributed by atoms with Crippen molar-refractivity contribution >= 4 is 40.6 Å². The Morgan fingerprint density at radius 2 is 2.10 bits per heavy atom. The third-order valence-electron chi connectivity index (χ3n) is 5.99. The average Bonchev–Trinajstić information content (AvgIpc) is 3.42. The van der Waals surface area contributed by atoms with Crippen LogP contribution in [0.4, 0.5) is 20.6 Å². The summed E-state index contributed by atoms with van der Waals surface area (Å²) in [7, 11) is 0. The maximum atomic E-state index is 14.9. The lowest BCUT2D eigenvalue weighted by Gasteiger charge is -2.39. The number of piperazine rings is 1. The minimum Gasteiger partial charge on any atom is -0.442 e. The summed E-state index contributed by atoms with van der Waals surface area (Å²) in [6, 6.07) is 5.11. The summed E-state index contributed by atoms with van der Waals surface area (Å²) < 4.78 is 20.2. The summed E-state index contributed by atoms with van der Waals surface area (Å²) in [5.74, 6) is -0.561. The van der Waals surface area contributed by atoms with Crippen molar-refractivity contribution in [1.82, 2.24) is 15.5 Å². The molecule has 0 spiro atoms. The smallest absolute Gasteiger partial charge is 0.414 e. The number of benzene rings is 1. The number of carbonyl (C=O) groups is 2. The topological polar surface area (TPSA) is 77.2 Å². The van der Waals surface area contributed by atoms with Crippen LogP contribution in [-0.2, 0) is 9.53 Å². The van der Waals surface area contributed by atoms with E-state index in [4.69, 9.17) is 17.0 Å². The fourth-order valence-electron chi connectivity index (χ4n) is 4.30. The highest BCUT2D eigenvalue weighted by Crippen LogP contribution is 2.28. The number of carbonyl (C=O) groups excluding carboxylic acids is 2. The number of hydrogen-bond acceptors (Lipinski definition) is 6. The predicted octanol–water partition coefficient (Wildman–Crippen LogP) is 1.49. The van der Waals surface area contributed by atoms with Crippen LogP contribution in [0.25, 0.3) is 0 Å². The summed E-state index contributed by atoms with van der Waals surface area (Å²) in [6.07, 6.45) is 1.25. The largest absolute Gasteiger partial charge is 0.442 e. The summed E-state index contributed by atoms with van der Waals surface area (Å²) in [4.78, 5) is 29.8. The first-order valence-corrected chi connectivity index (χ1v) is 11.1. The number of cyclic esters (lactones) is 1. The monoisotopic (exact) mass is 449 g/mol. The molecule has 10 heteroatoms. The van der Waals surface area contributed by atoms with Crippen molar-refractivity contribution in [3.8, 4) is 0 Å². The molecular weight excluding hydrogens is 421 g/mol. The molecule has 0 aliphatic carbocycles. The molecule has 3 saturated heterocycles. The Balaban J connectivity index is 1.35. The van der Waals surface area contributed by atoms with Crippen LogP contribution in [0.15, 0.2) is 18.2 Å². The van der Waals surface area contributed by atoms with Crippen LogP contribution >= 0.6 is 12.2 Å². The van der Waals surface area contributed by atoms with Gasteiger partial charge in [-0.3, -0.25) is 9.69 Å². The molecule has 0 bridgehead atoms. The minimum atomic E-state index is -0.537. The number of hydrogen-bond donors (Lipinski definition) is 2. The van der Waals surface area contributed by atoms with Gasteiger partial charge in [0.25, 0.3) is 0 Å². The molecule has 2 atom stereocenters. The van der Waals surface area contributed by atoms with Crippen LogP contribution in [0.1, 0.15) is 19.8 Å². The summed E-state index contributed by atoms with van der Waals surface area (Å²) in [6.45, 7) is 5.83. The molecular formula is C21H28FN5O3S.